The van der Waals surface area contributed by atoms with Crippen LogP contribution < -0.4 is 20.9 Å². The highest BCUT2D eigenvalue weighted by Crippen LogP contribution is 2.30. The number of ether oxygens (including phenoxy) is 1. The van der Waals surface area contributed by atoms with E-state index in [1.807, 2.05) is 49.4 Å². The summed E-state index contributed by atoms with van der Waals surface area (Å²) in [6.07, 6.45) is 2.23. The molecular weight excluding hydrogens is 498 g/mol. The second kappa shape index (κ2) is 12.6. The Kier molecular flexibility index (Phi) is 9.22. The van der Waals surface area contributed by atoms with Gasteiger partial charge in [0.1, 0.15) is 5.75 Å². The Labute approximate surface area is 207 Å². The Bertz CT molecular complexity index is 1130. The highest BCUT2D eigenvalue weighted by Gasteiger charge is 2.10. The summed E-state index contributed by atoms with van der Waals surface area (Å²) >= 11 is 3.47. The minimum absolute atomic E-state index is 0.0624. The van der Waals surface area contributed by atoms with Gasteiger partial charge in [0.2, 0.25) is 5.91 Å². The monoisotopic (exact) mass is 523 g/mol. The van der Waals surface area contributed by atoms with Gasteiger partial charge >= 0.3 is 0 Å². The number of rotatable bonds is 9. The van der Waals surface area contributed by atoms with Crippen molar-refractivity contribution in [2.75, 3.05) is 11.9 Å². The number of hydrogen-bond acceptors (Lipinski definition) is 4. The van der Waals surface area contributed by atoms with Crippen LogP contribution in [0, 0.1) is 0 Å². The third-order valence-electron chi connectivity index (χ3n) is 4.90. The minimum Gasteiger partial charge on any atom is -0.483 e. The molecule has 0 aliphatic heterocycles. The van der Waals surface area contributed by atoms with E-state index in [-0.39, 0.29) is 12.5 Å². The van der Waals surface area contributed by atoms with Crippen molar-refractivity contribution in [2.24, 2.45) is 0 Å². The van der Waals surface area contributed by atoms with Gasteiger partial charge in [-0.15, -0.1) is 0 Å². The van der Waals surface area contributed by atoms with Gasteiger partial charge in [-0.05, 0) is 69.9 Å². The first kappa shape index (κ1) is 25.0. The van der Waals surface area contributed by atoms with Crippen molar-refractivity contribution in [1.82, 2.24) is 10.9 Å². The van der Waals surface area contributed by atoms with E-state index < -0.39 is 11.8 Å². The van der Waals surface area contributed by atoms with Gasteiger partial charge in [-0.2, -0.15) is 0 Å². The van der Waals surface area contributed by atoms with E-state index in [9.17, 15) is 14.4 Å². The molecule has 0 atom stereocenters. The molecule has 3 rings (SSSR count). The number of hydrazine groups is 1. The van der Waals surface area contributed by atoms with Crippen molar-refractivity contribution in [3.63, 3.8) is 0 Å². The molecule has 0 saturated heterocycles. The lowest BCUT2D eigenvalue weighted by atomic mass is 10.1. The highest BCUT2D eigenvalue weighted by atomic mass is 79.9. The first-order valence-corrected chi connectivity index (χ1v) is 11.7. The van der Waals surface area contributed by atoms with Crippen LogP contribution in [0.15, 0.2) is 77.3 Å². The molecule has 0 spiro atoms. The number of hydrogen-bond donors (Lipinski definition) is 3. The molecule has 0 aromatic heterocycles. The maximum absolute atomic E-state index is 12.3. The van der Waals surface area contributed by atoms with E-state index in [4.69, 9.17) is 4.74 Å². The molecule has 0 heterocycles. The molecule has 3 aromatic rings. The average Bonchev–Trinajstić information content (AvgIpc) is 2.86. The first-order valence-electron chi connectivity index (χ1n) is 10.9. The highest BCUT2D eigenvalue weighted by molar-refractivity contribution is 9.10. The number of amides is 3. The average molecular weight is 524 g/mol. The van der Waals surface area contributed by atoms with Crippen LogP contribution in [0.5, 0.6) is 5.75 Å². The molecule has 3 aromatic carbocycles. The zero-order chi connectivity index (χ0) is 24.3. The fourth-order valence-corrected chi connectivity index (χ4v) is 3.57. The number of carbonyl (C=O) groups excluding carboxylic acids is 3. The molecule has 0 fully saturated rings. The van der Waals surface area contributed by atoms with Gasteiger partial charge in [-0.1, -0.05) is 49.7 Å². The number of benzene rings is 3. The van der Waals surface area contributed by atoms with Gasteiger partial charge in [0.15, 0.2) is 6.61 Å². The van der Waals surface area contributed by atoms with Crippen LogP contribution in [0.25, 0.3) is 11.1 Å². The Hall–Kier alpha value is -3.65. The summed E-state index contributed by atoms with van der Waals surface area (Å²) in [4.78, 5) is 36.1. The third-order valence-corrected chi connectivity index (χ3v) is 5.52. The molecular formula is C26H26BrN3O4. The van der Waals surface area contributed by atoms with Crippen LogP contribution in [-0.4, -0.2) is 24.3 Å². The molecule has 7 nitrogen and oxygen atoms in total. The normalized spacial score (nSPS) is 10.3. The molecule has 176 valence electrons. The second-order valence-electron chi connectivity index (χ2n) is 7.53. The topological polar surface area (TPSA) is 96.5 Å². The molecule has 34 heavy (non-hydrogen) atoms. The summed E-state index contributed by atoms with van der Waals surface area (Å²) in [5.41, 5.74) is 7.72. The lowest BCUT2D eigenvalue weighted by molar-refractivity contribution is -0.123. The molecule has 0 saturated carbocycles. The van der Waals surface area contributed by atoms with E-state index in [0.29, 0.717) is 27.9 Å². The molecule has 3 N–H and O–H groups in total. The lowest BCUT2D eigenvalue weighted by Gasteiger charge is -2.11. The maximum atomic E-state index is 12.3. The largest absolute Gasteiger partial charge is 0.483 e. The zero-order valence-electron chi connectivity index (χ0n) is 18.8. The summed E-state index contributed by atoms with van der Waals surface area (Å²) in [7, 11) is 0. The molecule has 3 amide bonds. The van der Waals surface area contributed by atoms with Crippen molar-refractivity contribution in [3.8, 4) is 16.9 Å². The summed E-state index contributed by atoms with van der Waals surface area (Å²) in [6.45, 7) is 1.75. The Morgan fingerprint density at radius 1 is 0.853 bits per heavy atom. The van der Waals surface area contributed by atoms with Crippen molar-refractivity contribution in [2.45, 2.75) is 26.2 Å². The predicted octanol–water partition coefficient (Wildman–Crippen LogP) is 5.08. The number of carbonyl (C=O) groups is 3. The molecule has 8 heteroatoms. The molecule has 0 aliphatic carbocycles. The number of nitrogens with one attached hydrogen (secondary N) is 3. The lowest BCUT2D eigenvalue weighted by Crippen LogP contribution is -2.43. The molecule has 0 aliphatic rings. The van der Waals surface area contributed by atoms with Gasteiger partial charge in [0.25, 0.3) is 11.8 Å². The Morgan fingerprint density at radius 2 is 1.59 bits per heavy atom. The van der Waals surface area contributed by atoms with Crippen molar-refractivity contribution >= 4 is 39.3 Å². The molecule has 0 bridgehead atoms. The first-order chi connectivity index (χ1) is 16.5. The number of unbranched alkanes of at least 4 members (excludes halogenated alkanes) is 1. The maximum Gasteiger partial charge on any atom is 0.276 e. The van der Waals surface area contributed by atoms with Crippen LogP contribution in [0.1, 0.15) is 36.5 Å². The smallest absolute Gasteiger partial charge is 0.276 e. The Balaban J connectivity index is 1.45. The summed E-state index contributed by atoms with van der Waals surface area (Å²) in [5, 5.41) is 2.78. The van der Waals surface area contributed by atoms with Crippen LogP contribution in [-0.2, 0) is 9.59 Å². The fraction of sp³-hybridized carbons (Fsp3) is 0.192. The molecule has 0 radical (unpaired) electrons. The van der Waals surface area contributed by atoms with Crippen LogP contribution >= 0.6 is 15.9 Å². The summed E-state index contributed by atoms with van der Waals surface area (Å²) in [6, 6.07) is 21.9. The van der Waals surface area contributed by atoms with Crippen molar-refractivity contribution in [1.29, 1.82) is 0 Å². The summed E-state index contributed by atoms with van der Waals surface area (Å²) < 4.78 is 6.27. The Morgan fingerprint density at radius 3 is 2.26 bits per heavy atom. The zero-order valence-corrected chi connectivity index (χ0v) is 20.4. The second-order valence-corrected chi connectivity index (χ2v) is 8.39. The van der Waals surface area contributed by atoms with E-state index in [2.05, 4.69) is 32.1 Å². The standard InChI is InChI=1S/C26H26BrN3O4/c1-2-3-9-24(31)28-21-13-10-19(11-14-21)26(33)30-29-25(32)17-34-23-15-12-20(16-22(23)27)18-7-5-4-6-8-18/h4-8,10-16H,2-3,9,17H2,1H3,(H,28,31)(H,29,32)(H,30,33). The van der Waals surface area contributed by atoms with E-state index >= 15 is 0 Å². The third kappa shape index (κ3) is 7.45. The molecule has 0 unspecified atom stereocenters. The summed E-state index contributed by atoms with van der Waals surface area (Å²) in [5.74, 6) is -0.539. The van der Waals surface area contributed by atoms with Crippen LogP contribution in [0.2, 0.25) is 0 Å². The van der Waals surface area contributed by atoms with Crippen molar-refractivity contribution < 1.29 is 19.1 Å². The van der Waals surface area contributed by atoms with Gasteiger partial charge < -0.3 is 10.1 Å². The van der Waals surface area contributed by atoms with E-state index in [1.54, 1.807) is 30.3 Å². The predicted molar refractivity (Wildman–Crippen MR) is 135 cm³/mol. The van der Waals surface area contributed by atoms with Gasteiger partial charge in [0, 0.05) is 17.7 Å². The van der Waals surface area contributed by atoms with Crippen LogP contribution in [0.4, 0.5) is 5.69 Å². The van der Waals surface area contributed by atoms with Crippen LogP contribution in [0.3, 0.4) is 0 Å². The quantitative estimate of drug-likeness (QED) is 0.340. The van der Waals surface area contributed by atoms with Gasteiger partial charge in [-0.25, -0.2) is 0 Å². The fourth-order valence-electron chi connectivity index (χ4n) is 3.07. The van der Waals surface area contributed by atoms with E-state index in [0.717, 1.165) is 24.0 Å². The van der Waals surface area contributed by atoms with Gasteiger partial charge in [-0.3, -0.25) is 25.2 Å². The van der Waals surface area contributed by atoms with Crippen molar-refractivity contribution in [3.05, 3.63) is 82.8 Å². The number of anilines is 1. The SMILES string of the molecule is CCCCC(=O)Nc1ccc(C(=O)NNC(=O)COc2ccc(-c3ccccc3)cc2Br)cc1. The minimum atomic E-state index is -0.507. The number of halogens is 1. The van der Waals surface area contributed by atoms with E-state index in [1.165, 1.54) is 0 Å². The van der Waals surface area contributed by atoms with Gasteiger partial charge in [0.05, 0.1) is 4.47 Å².